The molecular weight excluding hydrogens is 304 g/mol. The number of anilines is 1. The van der Waals surface area contributed by atoms with Crippen molar-refractivity contribution >= 4 is 35.2 Å². The summed E-state index contributed by atoms with van der Waals surface area (Å²) < 4.78 is 4.95. The number of para-hydroxylation sites is 1. The fraction of sp³-hybridized carbons (Fsp3) is 0.267. The highest BCUT2D eigenvalue weighted by molar-refractivity contribution is 8.02. The van der Waals surface area contributed by atoms with E-state index in [4.69, 9.17) is 4.74 Å². The zero-order chi connectivity index (χ0) is 15.9. The van der Waals surface area contributed by atoms with Crippen molar-refractivity contribution in [1.82, 2.24) is 4.90 Å². The Hall–Kier alpha value is -2.28. The van der Waals surface area contributed by atoms with E-state index in [9.17, 15) is 14.4 Å². The van der Waals surface area contributed by atoms with Crippen molar-refractivity contribution in [2.75, 3.05) is 24.2 Å². The lowest BCUT2D eigenvalue weighted by Gasteiger charge is -2.20. The normalized spacial score (nSPS) is 13.9. The van der Waals surface area contributed by atoms with Gasteiger partial charge in [-0.25, -0.2) is 4.79 Å². The van der Waals surface area contributed by atoms with E-state index in [1.54, 1.807) is 42.8 Å². The molecule has 0 saturated carbocycles. The summed E-state index contributed by atoms with van der Waals surface area (Å²) in [6.45, 7) is 1.88. The van der Waals surface area contributed by atoms with Crippen molar-refractivity contribution in [3.8, 4) is 0 Å². The molecule has 22 heavy (non-hydrogen) atoms. The molecule has 0 aliphatic carbocycles. The van der Waals surface area contributed by atoms with Gasteiger partial charge in [-0.1, -0.05) is 12.1 Å². The van der Waals surface area contributed by atoms with Gasteiger partial charge in [-0.05, 0) is 24.5 Å². The molecule has 0 spiro atoms. The first-order valence-corrected chi connectivity index (χ1v) is 7.80. The van der Waals surface area contributed by atoms with E-state index in [1.807, 2.05) is 0 Å². The Balaban J connectivity index is 2.05. The number of benzene rings is 1. The summed E-state index contributed by atoms with van der Waals surface area (Å²) in [5.41, 5.74) is 0.655. The molecule has 7 heteroatoms. The Bertz CT molecular complexity index is 615. The quantitative estimate of drug-likeness (QED) is 0.838. The summed E-state index contributed by atoms with van der Waals surface area (Å²) in [5.74, 6) is -0.671. The summed E-state index contributed by atoms with van der Waals surface area (Å²) in [6, 6.07) is 6.60. The summed E-state index contributed by atoms with van der Waals surface area (Å²) in [6.07, 6.45) is 1.58. The summed E-state index contributed by atoms with van der Waals surface area (Å²) in [5, 5.41) is 4.41. The number of carbonyl (C=O) groups excluding carboxylic acids is 3. The fourth-order valence-electron chi connectivity index (χ4n) is 1.87. The molecule has 0 saturated heterocycles. The van der Waals surface area contributed by atoms with Crippen molar-refractivity contribution in [2.24, 2.45) is 0 Å². The Kier molecular flexibility index (Phi) is 5.60. The van der Waals surface area contributed by atoms with Gasteiger partial charge in [0.05, 0.1) is 23.6 Å². The average molecular weight is 320 g/mol. The maximum absolute atomic E-state index is 12.1. The van der Waals surface area contributed by atoms with Crippen LogP contribution < -0.4 is 5.32 Å². The molecule has 0 bridgehead atoms. The highest BCUT2D eigenvalue weighted by Gasteiger charge is 2.19. The third kappa shape index (κ3) is 4.11. The van der Waals surface area contributed by atoms with Crippen molar-refractivity contribution in [3.05, 3.63) is 41.4 Å². The van der Waals surface area contributed by atoms with Gasteiger partial charge >= 0.3 is 5.97 Å². The van der Waals surface area contributed by atoms with Gasteiger partial charge in [0.15, 0.2) is 0 Å². The van der Waals surface area contributed by atoms with Crippen LogP contribution in [0.1, 0.15) is 17.3 Å². The maximum atomic E-state index is 12.1. The second-order valence-electron chi connectivity index (χ2n) is 4.43. The monoisotopic (exact) mass is 320 g/mol. The van der Waals surface area contributed by atoms with Crippen molar-refractivity contribution in [3.63, 3.8) is 0 Å². The largest absolute Gasteiger partial charge is 0.462 e. The van der Waals surface area contributed by atoms with Crippen LogP contribution in [0.25, 0.3) is 0 Å². The minimum Gasteiger partial charge on any atom is -0.462 e. The number of nitrogens with zero attached hydrogens (tertiary/aromatic N) is 1. The third-order valence-electron chi connectivity index (χ3n) is 2.87. The molecule has 0 radical (unpaired) electrons. The van der Waals surface area contributed by atoms with E-state index < -0.39 is 5.97 Å². The number of rotatable bonds is 5. The highest BCUT2D eigenvalue weighted by atomic mass is 32.2. The molecule has 6 nitrogen and oxygen atoms in total. The predicted molar refractivity (Wildman–Crippen MR) is 84.3 cm³/mol. The van der Waals surface area contributed by atoms with E-state index in [-0.39, 0.29) is 30.5 Å². The topological polar surface area (TPSA) is 75.7 Å². The molecule has 1 heterocycles. The van der Waals surface area contributed by atoms with Crippen LogP contribution in [0.2, 0.25) is 0 Å². The van der Waals surface area contributed by atoms with E-state index >= 15 is 0 Å². The first-order chi connectivity index (χ1) is 10.6. The first-order valence-electron chi connectivity index (χ1n) is 6.75. The van der Waals surface area contributed by atoms with E-state index in [0.717, 1.165) is 0 Å². The van der Waals surface area contributed by atoms with E-state index in [0.29, 0.717) is 11.4 Å². The lowest BCUT2D eigenvalue weighted by atomic mass is 10.2. The van der Waals surface area contributed by atoms with Crippen LogP contribution in [-0.2, 0) is 14.3 Å². The van der Waals surface area contributed by atoms with Crippen LogP contribution in [0.5, 0.6) is 0 Å². The zero-order valence-corrected chi connectivity index (χ0v) is 12.9. The number of thioether (sulfide) groups is 1. The molecule has 2 rings (SSSR count). The van der Waals surface area contributed by atoms with Crippen LogP contribution >= 0.6 is 11.8 Å². The Morgan fingerprint density at radius 3 is 2.86 bits per heavy atom. The minimum atomic E-state index is -0.497. The maximum Gasteiger partial charge on any atom is 0.340 e. The Morgan fingerprint density at radius 2 is 2.14 bits per heavy atom. The number of nitrogens with one attached hydrogen (secondary N) is 1. The molecule has 0 atom stereocenters. The van der Waals surface area contributed by atoms with Gasteiger partial charge in [0, 0.05) is 6.20 Å². The number of hydrogen-bond acceptors (Lipinski definition) is 5. The van der Waals surface area contributed by atoms with Gasteiger partial charge in [-0.15, -0.1) is 11.8 Å². The van der Waals surface area contributed by atoms with Gasteiger partial charge in [0.1, 0.15) is 6.54 Å². The second-order valence-corrected chi connectivity index (χ2v) is 5.33. The van der Waals surface area contributed by atoms with Gasteiger partial charge in [0.2, 0.25) is 11.8 Å². The molecule has 2 amide bonds. The molecule has 0 unspecified atom stereocenters. The molecule has 1 N–H and O–H groups in total. The number of amides is 2. The molecule has 1 aromatic carbocycles. The van der Waals surface area contributed by atoms with E-state index in [2.05, 4.69) is 5.32 Å². The summed E-state index contributed by atoms with van der Waals surface area (Å²) in [4.78, 5) is 36.9. The molecule has 0 fully saturated rings. The van der Waals surface area contributed by atoms with Gasteiger partial charge < -0.3 is 15.0 Å². The lowest BCUT2D eigenvalue weighted by molar-refractivity contribution is -0.129. The van der Waals surface area contributed by atoms with Gasteiger partial charge in [0.25, 0.3) is 0 Å². The molecular formula is C15H16N2O4S. The standard InChI is InChI=1S/C15H16N2O4S/c1-2-21-15(20)11-5-3-4-6-12(11)16-13(18)9-17-7-8-22-10-14(17)19/h3-8H,2,9-10H2,1H3,(H,16,18). The van der Waals surface area contributed by atoms with Gasteiger partial charge in [-0.3, -0.25) is 9.59 Å². The number of hydrogen-bond donors (Lipinski definition) is 1. The van der Waals surface area contributed by atoms with Crippen LogP contribution in [0.3, 0.4) is 0 Å². The lowest BCUT2D eigenvalue weighted by Crippen LogP contribution is -2.36. The number of carbonyl (C=O) groups is 3. The predicted octanol–water partition coefficient (Wildman–Crippen LogP) is 1.85. The molecule has 0 aromatic heterocycles. The third-order valence-corrected chi connectivity index (χ3v) is 3.60. The molecule has 1 aliphatic heterocycles. The van der Waals surface area contributed by atoms with Crippen LogP contribution in [0, 0.1) is 0 Å². The second kappa shape index (κ2) is 7.65. The number of esters is 1. The van der Waals surface area contributed by atoms with Crippen LogP contribution in [0.15, 0.2) is 35.9 Å². The van der Waals surface area contributed by atoms with Crippen molar-refractivity contribution in [2.45, 2.75) is 6.92 Å². The summed E-state index contributed by atoms with van der Waals surface area (Å²) >= 11 is 1.38. The van der Waals surface area contributed by atoms with Crippen LogP contribution in [-0.4, -0.2) is 41.6 Å². The first kappa shape index (κ1) is 16.1. The van der Waals surface area contributed by atoms with E-state index in [1.165, 1.54) is 16.7 Å². The highest BCUT2D eigenvalue weighted by Crippen LogP contribution is 2.17. The average Bonchev–Trinajstić information content (AvgIpc) is 2.50. The fourth-order valence-corrected chi connectivity index (χ4v) is 2.50. The zero-order valence-electron chi connectivity index (χ0n) is 12.1. The SMILES string of the molecule is CCOC(=O)c1ccccc1NC(=O)CN1C=CSCC1=O. The Morgan fingerprint density at radius 1 is 1.36 bits per heavy atom. The molecule has 116 valence electrons. The number of ether oxygens (including phenoxy) is 1. The Labute approximate surface area is 132 Å². The van der Waals surface area contributed by atoms with Crippen molar-refractivity contribution in [1.29, 1.82) is 0 Å². The van der Waals surface area contributed by atoms with Crippen LogP contribution in [0.4, 0.5) is 5.69 Å². The smallest absolute Gasteiger partial charge is 0.340 e. The molecule has 1 aromatic rings. The van der Waals surface area contributed by atoms with Crippen molar-refractivity contribution < 1.29 is 19.1 Å². The van der Waals surface area contributed by atoms with Gasteiger partial charge in [-0.2, -0.15) is 0 Å². The minimum absolute atomic E-state index is 0.0902. The molecule has 1 aliphatic rings. The summed E-state index contributed by atoms with van der Waals surface area (Å²) in [7, 11) is 0.